The molecule has 0 N–H and O–H groups in total. The first kappa shape index (κ1) is 13.7. The molecule has 0 aromatic heterocycles. The minimum Gasteiger partial charge on any atom is -0.385 e. The Labute approximate surface area is 107 Å². The van der Waals surface area contributed by atoms with Crippen molar-refractivity contribution in [1.82, 2.24) is 0 Å². The van der Waals surface area contributed by atoms with Crippen LogP contribution in [0.1, 0.15) is 36.3 Å². The van der Waals surface area contributed by atoms with Gasteiger partial charge in [0, 0.05) is 19.0 Å². The molecule has 1 rings (SSSR count). The van der Waals surface area contributed by atoms with Crippen LogP contribution in [0.4, 0.5) is 0 Å². The molecular formula is C14H21BrO. The number of benzene rings is 1. The van der Waals surface area contributed by atoms with Crippen molar-refractivity contribution in [2.45, 2.75) is 32.1 Å². The summed E-state index contributed by atoms with van der Waals surface area (Å²) >= 11 is 3.62. The monoisotopic (exact) mass is 284 g/mol. The predicted octanol–water partition coefficient (Wildman–Crippen LogP) is 4.29. The third-order valence-corrected chi connectivity index (χ3v) is 3.75. The Morgan fingerprint density at radius 2 is 2.00 bits per heavy atom. The van der Waals surface area contributed by atoms with E-state index in [1.165, 1.54) is 24.0 Å². The number of ether oxygens (including phenoxy) is 1. The van der Waals surface area contributed by atoms with Gasteiger partial charge < -0.3 is 4.74 Å². The summed E-state index contributed by atoms with van der Waals surface area (Å²) in [4.78, 5) is 0. The summed E-state index contributed by atoms with van der Waals surface area (Å²) in [5.74, 6) is 0.637. The second-order valence-electron chi connectivity index (χ2n) is 4.20. The summed E-state index contributed by atoms with van der Waals surface area (Å²) < 4.78 is 5.07. The van der Waals surface area contributed by atoms with Crippen LogP contribution in [0.25, 0.3) is 0 Å². The Balaban J connectivity index is 2.51. The van der Waals surface area contributed by atoms with E-state index in [9.17, 15) is 0 Å². The van der Waals surface area contributed by atoms with Gasteiger partial charge in [-0.1, -0.05) is 46.6 Å². The van der Waals surface area contributed by atoms with E-state index in [4.69, 9.17) is 4.74 Å². The summed E-state index contributed by atoms with van der Waals surface area (Å²) in [5.41, 5.74) is 2.88. The zero-order valence-corrected chi connectivity index (χ0v) is 11.8. The van der Waals surface area contributed by atoms with Gasteiger partial charge in [0.15, 0.2) is 0 Å². The molecule has 16 heavy (non-hydrogen) atoms. The van der Waals surface area contributed by atoms with Crippen LogP contribution in [-0.4, -0.2) is 19.0 Å². The van der Waals surface area contributed by atoms with Crippen LogP contribution < -0.4 is 0 Å². The summed E-state index contributed by atoms with van der Waals surface area (Å²) in [5, 5.41) is 1.05. The molecule has 0 amide bonds. The summed E-state index contributed by atoms with van der Waals surface area (Å²) in [6.07, 6.45) is 3.63. The predicted molar refractivity (Wildman–Crippen MR) is 73.4 cm³/mol. The SMILES string of the molecule is COCCCCC(CBr)c1ccccc1C. The maximum Gasteiger partial charge on any atom is 0.0462 e. The standard InChI is InChI=1S/C14H21BrO/c1-12-7-3-4-9-14(12)13(11-15)8-5-6-10-16-2/h3-4,7,9,13H,5-6,8,10-11H2,1-2H3. The van der Waals surface area contributed by atoms with Crippen molar-refractivity contribution >= 4 is 15.9 Å². The molecule has 0 fully saturated rings. The average molecular weight is 285 g/mol. The average Bonchev–Trinajstić information content (AvgIpc) is 2.31. The highest BCUT2D eigenvalue weighted by Crippen LogP contribution is 2.26. The maximum absolute atomic E-state index is 5.07. The Bertz CT molecular complexity index is 299. The molecule has 0 aliphatic rings. The van der Waals surface area contributed by atoms with Crippen LogP contribution >= 0.6 is 15.9 Å². The number of halogens is 1. The lowest BCUT2D eigenvalue weighted by molar-refractivity contribution is 0.191. The van der Waals surface area contributed by atoms with Gasteiger partial charge in [-0.2, -0.15) is 0 Å². The molecule has 1 aromatic carbocycles. The molecule has 0 heterocycles. The lowest BCUT2D eigenvalue weighted by atomic mass is 9.92. The highest BCUT2D eigenvalue weighted by atomic mass is 79.9. The number of aryl methyl sites for hydroxylation is 1. The molecule has 1 atom stereocenters. The van der Waals surface area contributed by atoms with Crippen LogP contribution in [0.2, 0.25) is 0 Å². The fourth-order valence-electron chi connectivity index (χ4n) is 2.00. The molecule has 0 radical (unpaired) electrons. The third-order valence-electron chi connectivity index (χ3n) is 2.97. The van der Waals surface area contributed by atoms with E-state index in [1.54, 1.807) is 7.11 Å². The van der Waals surface area contributed by atoms with Crippen LogP contribution in [0, 0.1) is 6.92 Å². The molecule has 1 aromatic rings. The van der Waals surface area contributed by atoms with Crippen molar-refractivity contribution in [3.05, 3.63) is 35.4 Å². The van der Waals surface area contributed by atoms with Crippen molar-refractivity contribution in [3.63, 3.8) is 0 Å². The van der Waals surface area contributed by atoms with Gasteiger partial charge in [-0.15, -0.1) is 0 Å². The number of methoxy groups -OCH3 is 1. The lowest BCUT2D eigenvalue weighted by Crippen LogP contribution is -2.03. The molecular weight excluding hydrogens is 264 g/mol. The van der Waals surface area contributed by atoms with Gasteiger partial charge in [-0.25, -0.2) is 0 Å². The van der Waals surface area contributed by atoms with Gasteiger partial charge in [0.25, 0.3) is 0 Å². The van der Waals surface area contributed by atoms with E-state index < -0.39 is 0 Å². The topological polar surface area (TPSA) is 9.23 Å². The molecule has 0 aliphatic carbocycles. The zero-order valence-electron chi connectivity index (χ0n) is 10.2. The smallest absolute Gasteiger partial charge is 0.0462 e. The molecule has 0 saturated heterocycles. The van der Waals surface area contributed by atoms with Crippen LogP contribution in [0.3, 0.4) is 0 Å². The molecule has 0 aliphatic heterocycles. The molecule has 90 valence electrons. The van der Waals surface area contributed by atoms with E-state index in [0.717, 1.165) is 18.4 Å². The fraction of sp³-hybridized carbons (Fsp3) is 0.571. The van der Waals surface area contributed by atoms with Crippen molar-refractivity contribution in [2.24, 2.45) is 0 Å². The Morgan fingerprint density at radius 3 is 2.62 bits per heavy atom. The largest absolute Gasteiger partial charge is 0.385 e. The first-order valence-electron chi connectivity index (χ1n) is 5.90. The van der Waals surface area contributed by atoms with Crippen LogP contribution in [0.15, 0.2) is 24.3 Å². The summed E-state index contributed by atoms with van der Waals surface area (Å²) in [6, 6.07) is 8.68. The Hall–Kier alpha value is -0.340. The fourth-order valence-corrected chi connectivity index (χ4v) is 2.67. The maximum atomic E-state index is 5.07. The van der Waals surface area contributed by atoms with E-state index in [0.29, 0.717) is 5.92 Å². The summed E-state index contributed by atoms with van der Waals surface area (Å²) in [6.45, 7) is 3.07. The van der Waals surface area contributed by atoms with E-state index in [1.807, 2.05) is 0 Å². The lowest BCUT2D eigenvalue weighted by Gasteiger charge is -2.16. The van der Waals surface area contributed by atoms with Crippen molar-refractivity contribution in [1.29, 1.82) is 0 Å². The third kappa shape index (κ3) is 4.26. The van der Waals surface area contributed by atoms with Gasteiger partial charge in [0.1, 0.15) is 0 Å². The molecule has 1 unspecified atom stereocenters. The van der Waals surface area contributed by atoms with Crippen LogP contribution in [0.5, 0.6) is 0 Å². The van der Waals surface area contributed by atoms with Crippen LogP contribution in [-0.2, 0) is 4.74 Å². The minimum atomic E-state index is 0.637. The van der Waals surface area contributed by atoms with Gasteiger partial charge >= 0.3 is 0 Å². The second-order valence-corrected chi connectivity index (χ2v) is 4.84. The normalized spacial score (nSPS) is 12.7. The van der Waals surface area contributed by atoms with Crippen molar-refractivity contribution in [3.8, 4) is 0 Å². The molecule has 0 bridgehead atoms. The quantitative estimate of drug-likeness (QED) is 0.536. The van der Waals surface area contributed by atoms with Crippen molar-refractivity contribution < 1.29 is 4.74 Å². The first-order valence-corrected chi connectivity index (χ1v) is 7.02. The van der Waals surface area contributed by atoms with Gasteiger partial charge in [-0.3, -0.25) is 0 Å². The molecule has 2 heteroatoms. The molecule has 0 spiro atoms. The minimum absolute atomic E-state index is 0.637. The van der Waals surface area contributed by atoms with Gasteiger partial charge in [0.2, 0.25) is 0 Å². The summed E-state index contributed by atoms with van der Waals surface area (Å²) in [7, 11) is 1.77. The van der Waals surface area contributed by atoms with E-state index >= 15 is 0 Å². The number of hydrogen-bond donors (Lipinski definition) is 0. The highest BCUT2D eigenvalue weighted by molar-refractivity contribution is 9.09. The number of alkyl halides is 1. The van der Waals surface area contributed by atoms with Gasteiger partial charge in [-0.05, 0) is 36.8 Å². The Morgan fingerprint density at radius 1 is 1.25 bits per heavy atom. The first-order chi connectivity index (χ1) is 7.79. The number of hydrogen-bond acceptors (Lipinski definition) is 1. The molecule has 1 nitrogen and oxygen atoms in total. The van der Waals surface area contributed by atoms with E-state index in [-0.39, 0.29) is 0 Å². The number of rotatable bonds is 7. The molecule has 0 saturated carbocycles. The zero-order chi connectivity index (χ0) is 11.8. The van der Waals surface area contributed by atoms with E-state index in [2.05, 4.69) is 47.1 Å². The van der Waals surface area contributed by atoms with Crippen molar-refractivity contribution in [2.75, 3.05) is 19.0 Å². The highest BCUT2D eigenvalue weighted by Gasteiger charge is 2.11. The van der Waals surface area contributed by atoms with Gasteiger partial charge in [0.05, 0.1) is 0 Å². The Kier molecular flexibility index (Phi) is 6.74. The second kappa shape index (κ2) is 7.86. The number of unbranched alkanes of at least 4 members (excludes halogenated alkanes) is 1.